The van der Waals surface area contributed by atoms with Gasteiger partial charge in [0.25, 0.3) is 5.91 Å². The molecule has 0 aromatic carbocycles. The highest BCUT2D eigenvalue weighted by Crippen LogP contribution is 2.23. The van der Waals surface area contributed by atoms with Crippen LogP contribution >= 0.6 is 0 Å². The highest BCUT2D eigenvalue weighted by molar-refractivity contribution is 5.93. The SMILES string of the molecule is Cn1ncc2c(NCCNC(=O)c3cccnc3)nc(-c3ccncc3)nc21. The summed E-state index contributed by atoms with van der Waals surface area (Å²) in [7, 11) is 1.84. The first kappa shape index (κ1) is 17.5. The van der Waals surface area contributed by atoms with Crippen molar-refractivity contribution in [3.63, 3.8) is 0 Å². The van der Waals surface area contributed by atoms with E-state index in [1.54, 1.807) is 41.6 Å². The lowest BCUT2D eigenvalue weighted by Gasteiger charge is -2.10. The second kappa shape index (κ2) is 7.78. The Morgan fingerprint density at radius 1 is 1.04 bits per heavy atom. The standard InChI is InChI=1S/C19H18N8O/c1-27-18-15(12-24-27)17(25-16(26-18)13-4-7-20-8-5-13)22-9-10-23-19(28)14-3-2-6-21-11-14/h2-8,11-12H,9-10H2,1H3,(H,23,28)(H,22,25,26). The van der Waals surface area contributed by atoms with E-state index in [9.17, 15) is 4.79 Å². The zero-order valence-corrected chi connectivity index (χ0v) is 15.2. The number of hydrogen-bond acceptors (Lipinski definition) is 7. The van der Waals surface area contributed by atoms with Crippen molar-refractivity contribution in [3.8, 4) is 11.4 Å². The van der Waals surface area contributed by atoms with Crippen molar-refractivity contribution in [2.24, 2.45) is 7.05 Å². The van der Waals surface area contributed by atoms with Crippen LogP contribution in [0, 0.1) is 0 Å². The molecule has 0 spiro atoms. The first-order valence-electron chi connectivity index (χ1n) is 8.74. The predicted molar refractivity (Wildman–Crippen MR) is 105 cm³/mol. The van der Waals surface area contributed by atoms with E-state index in [-0.39, 0.29) is 5.91 Å². The van der Waals surface area contributed by atoms with Gasteiger partial charge in [-0.25, -0.2) is 9.97 Å². The third kappa shape index (κ3) is 3.63. The number of aryl methyl sites for hydroxylation is 1. The van der Waals surface area contributed by atoms with Gasteiger partial charge in [-0.15, -0.1) is 0 Å². The average molecular weight is 374 g/mol. The lowest BCUT2D eigenvalue weighted by Crippen LogP contribution is -2.29. The number of pyridine rings is 2. The summed E-state index contributed by atoms with van der Waals surface area (Å²) in [5.74, 6) is 1.09. The summed E-state index contributed by atoms with van der Waals surface area (Å²) in [6, 6.07) is 7.17. The maximum absolute atomic E-state index is 12.1. The van der Waals surface area contributed by atoms with Crippen molar-refractivity contribution in [3.05, 3.63) is 60.8 Å². The number of anilines is 1. The number of rotatable bonds is 6. The Morgan fingerprint density at radius 3 is 2.68 bits per heavy atom. The minimum absolute atomic E-state index is 0.165. The fourth-order valence-electron chi connectivity index (χ4n) is 2.74. The van der Waals surface area contributed by atoms with Gasteiger partial charge < -0.3 is 10.6 Å². The van der Waals surface area contributed by atoms with E-state index in [1.807, 2.05) is 19.2 Å². The van der Waals surface area contributed by atoms with E-state index in [0.717, 1.165) is 16.6 Å². The number of hydrogen-bond donors (Lipinski definition) is 2. The van der Waals surface area contributed by atoms with Crippen molar-refractivity contribution < 1.29 is 4.79 Å². The molecule has 0 saturated heterocycles. The van der Waals surface area contributed by atoms with Crippen LogP contribution in [0.15, 0.2) is 55.2 Å². The van der Waals surface area contributed by atoms with Gasteiger partial charge in [0.15, 0.2) is 11.5 Å². The third-order valence-electron chi connectivity index (χ3n) is 4.16. The van der Waals surface area contributed by atoms with E-state index in [4.69, 9.17) is 0 Å². The zero-order valence-electron chi connectivity index (χ0n) is 15.2. The molecule has 4 heterocycles. The summed E-state index contributed by atoms with van der Waals surface area (Å²) >= 11 is 0. The minimum atomic E-state index is -0.165. The molecule has 4 aromatic rings. The molecule has 0 aliphatic heterocycles. The van der Waals surface area contributed by atoms with Crippen LogP contribution in [0.2, 0.25) is 0 Å². The lowest BCUT2D eigenvalue weighted by molar-refractivity contribution is 0.0955. The van der Waals surface area contributed by atoms with Crippen molar-refractivity contribution in [2.75, 3.05) is 18.4 Å². The quantitative estimate of drug-likeness (QED) is 0.494. The maximum atomic E-state index is 12.1. The number of nitrogens with one attached hydrogen (secondary N) is 2. The molecule has 0 unspecified atom stereocenters. The molecule has 0 bridgehead atoms. The van der Waals surface area contributed by atoms with Crippen molar-refractivity contribution in [2.45, 2.75) is 0 Å². The molecule has 9 heteroatoms. The van der Waals surface area contributed by atoms with Gasteiger partial charge in [0.2, 0.25) is 0 Å². The Morgan fingerprint density at radius 2 is 1.89 bits per heavy atom. The van der Waals surface area contributed by atoms with Gasteiger partial charge in [0.1, 0.15) is 5.82 Å². The molecule has 0 radical (unpaired) electrons. The number of carbonyl (C=O) groups excluding carboxylic acids is 1. The highest BCUT2D eigenvalue weighted by atomic mass is 16.1. The Bertz CT molecular complexity index is 1100. The predicted octanol–water partition coefficient (Wildman–Crippen LogP) is 1.66. The third-order valence-corrected chi connectivity index (χ3v) is 4.16. The molecule has 4 rings (SSSR count). The van der Waals surface area contributed by atoms with Gasteiger partial charge >= 0.3 is 0 Å². The second-order valence-electron chi connectivity index (χ2n) is 6.06. The van der Waals surface area contributed by atoms with Crippen LogP contribution in [0.5, 0.6) is 0 Å². The van der Waals surface area contributed by atoms with E-state index in [0.29, 0.717) is 30.3 Å². The maximum Gasteiger partial charge on any atom is 0.252 e. The summed E-state index contributed by atoms with van der Waals surface area (Å²) in [6.07, 6.45) is 8.29. The number of carbonyl (C=O) groups is 1. The normalized spacial score (nSPS) is 10.8. The van der Waals surface area contributed by atoms with Gasteiger partial charge in [0.05, 0.1) is 17.1 Å². The van der Waals surface area contributed by atoms with E-state index in [2.05, 4.69) is 35.7 Å². The molecule has 0 atom stereocenters. The van der Waals surface area contributed by atoms with Gasteiger partial charge in [-0.3, -0.25) is 19.4 Å². The van der Waals surface area contributed by atoms with Gasteiger partial charge in [-0.05, 0) is 24.3 Å². The van der Waals surface area contributed by atoms with E-state index in [1.165, 1.54) is 6.20 Å². The molecule has 9 nitrogen and oxygen atoms in total. The Hall–Kier alpha value is -3.88. The molecule has 28 heavy (non-hydrogen) atoms. The molecular formula is C19H18N8O. The Balaban J connectivity index is 1.49. The van der Waals surface area contributed by atoms with Crippen molar-refractivity contribution in [1.82, 2.24) is 35.0 Å². The molecule has 4 aromatic heterocycles. The molecule has 0 aliphatic rings. The molecule has 2 N–H and O–H groups in total. The Kier molecular flexibility index (Phi) is 4.87. The summed E-state index contributed by atoms with van der Waals surface area (Å²) in [4.78, 5) is 29.3. The summed E-state index contributed by atoms with van der Waals surface area (Å²) in [6.45, 7) is 0.937. The van der Waals surface area contributed by atoms with Crippen LogP contribution in [0.25, 0.3) is 22.4 Å². The number of nitrogens with zero attached hydrogens (tertiary/aromatic N) is 6. The molecule has 0 saturated carbocycles. The van der Waals surface area contributed by atoms with Crippen LogP contribution in [0.4, 0.5) is 5.82 Å². The smallest absolute Gasteiger partial charge is 0.252 e. The van der Waals surface area contributed by atoms with Gasteiger partial charge in [-0.2, -0.15) is 5.10 Å². The zero-order chi connectivity index (χ0) is 19.3. The first-order chi connectivity index (χ1) is 13.7. The van der Waals surface area contributed by atoms with Crippen LogP contribution < -0.4 is 10.6 Å². The molecular weight excluding hydrogens is 356 g/mol. The van der Waals surface area contributed by atoms with E-state index >= 15 is 0 Å². The van der Waals surface area contributed by atoms with Crippen LogP contribution in [-0.4, -0.2) is 48.7 Å². The van der Waals surface area contributed by atoms with Crippen LogP contribution in [-0.2, 0) is 7.05 Å². The van der Waals surface area contributed by atoms with Crippen LogP contribution in [0.3, 0.4) is 0 Å². The molecule has 1 amide bonds. The number of fused-ring (bicyclic) bond motifs is 1. The van der Waals surface area contributed by atoms with Crippen molar-refractivity contribution >= 4 is 22.8 Å². The summed E-state index contributed by atoms with van der Waals surface area (Å²) in [5, 5.41) is 11.2. The monoisotopic (exact) mass is 374 g/mol. The molecule has 0 fully saturated rings. The number of amides is 1. The first-order valence-corrected chi connectivity index (χ1v) is 8.74. The molecule has 0 aliphatic carbocycles. The summed E-state index contributed by atoms with van der Waals surface area (Å²) in [5.41, 5.74) is 2.12. The average Bonchev–Trinajstić information content (AvgIpc) is 3.13. The van der Waals surface area contributed by atoms with E-state index < -0.39 is 0 Å². The summed E-state index contributed by atoms with van der Waals surface area (Å²) < 4.78 is 1.71. The number of aromatic nitrogens is 6. The van der Waals surface area contributed by atoms with Gasteiger partial charge in [-0.1, -0.05) is 0 Å². The fourth-order valence-corrected chi connectivity index (χ4v) is 2.74. The highest BCUT2D eigenvalue weighted by Gasteiger charge is 2.13. The van der Waals surface area contributed by atoms with Crippen molar-refractivity contribution in [1.29, 1.82) is 0 Å². The minimum Gasteiger partial charge on any atom is -0.368 e. The lowest BCUT2D eigenvalue weighted by atomic mass is 10.2. The topological polar surface area (TPSA) is 111 Å². The molecule has 140 valence electrons. The van der Waals surface area contributed by atoms with Crippen LogP contribution in [0.1, 0.15) is 10.4 Å². The van der Waals surface area contributed by atoms with Gasteiger partial charge in [0, 0.05) is 50.5 Å². The Labute approximate surface area is 160 Å². The largest absolute Gasteiger partial charge is 0.368 e. The fraction of sp³-hybridized carbons (Fsp3) is 0.158. The second-order valence-corrected chi connectivity index (χ2v) is 6.06.